The molecule has 0 radical (unpaired) electrons. The molecule has 0 aliphatic carbocycles. The molecule has 0 N–H and O–H groups in total. The summed E-state index contributed by atoms with van der Waals surface area (Å²) >= 11 is 3.13. The van der Waals surface area contributed by atoms with Gasteiger partial charge < -0.3 is 9.47 Å². The number of benzene rings is 3. The SMILES string of the molecule is COc1cc(/C=C2\SC(=O)N(Cc3cccc4ccccc34)C2=O)cc(I)c1OCc1ccccn1. The molecule has 4 aromatic rings. The van der Waals surface area contributed by atoms with Crippen LogP contribution in [0, 0.1) is 3.57 Å². The van der Waals surface area contributed by atoms with Gasteiger partial charge in [0.05, 0.1) is 27.8 Å². The molecule has 36 heavy (non-hydrogen) atoms. The number of fused-ring (bicyclic) bond motifs is 1. The average Bonchev–Trinajstić information content (AvgIpc) is 3.15. The van der Waals surface area contributed by atoms with Crippen molar-refractivity contribution in [2.24, 2.45) is 0 Å². The number of pyridine rings is 1. The van der Waals surface area contributed by atoms with E-state index in [2.05, 4.69) is 27.6 Å². The molecule has 1 fully saturated rings. The van der Waals surface area contributed by atoms with E-state index >= 15 is 0 Å². The van der Waals surface area contributed by atoms with E-state index in [9.17, 15) is 9.59 Å². The highest BCUT2D eigenvalue weighted by Gasteiger charge is 2.35. The molecule has 2 amide bonds. The Labute approximate surface area is 226 Å². The second-order valence-electron chi connectivity index (χ2n) is 8.05. The Morgan fingerprint density at radius 1 is 1.03 bits per heavy atom. The van der Waals surface area contributed by atoms with Crippen molar-refractivity contribution in [3.8, 4) is 11.5 Å². The average molecular weight is 608 g/mol. The van der Waals surface area contributed by atoms with E-state index in [0.29, 0.717) is 23.0 Å². The van der Waals surface area contributed by atoms with Crippen LogP contribution in [-0.2, 0) is 17.9 Å². The number of carbonyl (C=O) groups excluding carboxylic acids is 2. The van der Waals surface area contributed by atoms with E-state index in [-0.39, 0.29) is 17.7 Å². The molecular weight excluding hydrogens is 587 g/mol. The van der Waals surface area contributed by atoms with Gasteiger partial charge in [-0.2, -0.15) is 0 Å². The number of methoxy groups -OCH3 is 1. The standard InChI is InChI=1S/C28H21IN2O4S/c1-34-24-14-18(13-23(29)26(24)35-17-21-10-4-5-12-30-21)15-25-27(32)31(28(33)36-25)16-20-9-6-8-19-7-2-3-11-22(19)20/h2-15H,16-17H2,1H3/b25-15-. The Hall–Kier alpha value is -3.37. The van der Waals surface area contributed by atoms with Gasteiger partial charge in [0.25, 0.3) is 11.1 Å². The predicted molar refractivity (Wildman–Crippen MR) is 150 cm³/mol. The van der Waals surface area contributed by atoms with Crippen LogP contribution in [0.15, 0.2) is 83.9 Å². The zero-order valence-electron chi connectivity index (χ0n) is 19.3. The van der Waals surface area contributed by atoms with Crippen LogP contribution in [0.4, 0.5) is 4.79 Å². The highest BCUT2D eigenvalue weighted by atomic mass is 127. The Balaban J connectivity index is 1.37. The molecule has 0 unspecified atom stereocenters. The van der Waals surface area contributed by atoms with Gasteiger partial charge in [-0.15, -0.1) is 0 Å². The van der Waals surface area contributed by atoms with E-state index in [1.54, 1.807) is 25.4 Å². The first-order valence-corrected chi connectivity index (χ1v) is 13.1. The fourth-order valence-electron chi connectivity index (χ4n) is 3.98. The normalized spacial score (nSPS) is 14.6. The summed E-state index contributed by atoms with van der Waals surface area (Å²) in [6, 6.07) is 23.2. The van der Waals surface area contributed by atoms with Crippen LogP contribution in [0.2, 0.25) is 0 Å². The number of hydrogen-bond acceptors (Lipinski definition) is 6. The molecule has 0 spiro atoms. The third-order valence-electron chi connectivity index (χ3n) is 5.72. The quantitative estimate of drug-likeness (QED) is 0.173. The van der Waals surface area contributed by atoms with Crippen LogP contribution >= 0.6 is 34.4 Å². The van der Waals surface area contributed by atoms with Crippen molar-refractivity contribution in [3.05, 3.63) is 104 Å². The summed E-state index contributed by atoms with van der Waals surface area (Å²) in [6.07, 6.45) is 3.44. The zero-order chi connectivity index (χ0) is 25.1. The van der Waals surface area contributed by atoms with E-state index in [1.165, 1.54) is 4.90 Å². The first kappa shape index (κ1) is 24.3. The number of halogens is 1. The molecule has 2 heterocycles. The minimum absolute atomic E-state index is 0.227. The second-order valence-corrected chi connectivity index (χ2v) is 10.2. The summed E-state index contributed by atoms with van der Waals surface area (Å²) in [6.45, 7) is 0.532. The van der Waals surface area contributed by atoms with Crippen LogP contribution in [0.3, 0.4) is 0 Å². The number of hydrogen-bond donors (Lipinski definition) is 0. The summed E-state index contributed by atoms with van der Waals surface area (Å²) in [4.78, 5) is 31.9. The van der Waals surface area contributed by atoms with Crippen LogP contribution in [-0.4, -0.2) is 28.1 Å². The van der Waals surface area contributed by atoms with E-state index in [1.807, 2.05) is 66.7 Å². The molecule has 0 saturated carbocycles. The third-order valence-corrected chi connectivity index (χ3v) is 7.43. The predicted octanol–water partition coefficient (Wildman–Crippen LogP) is 6.66. The molecule has 5 rings (SSSR count). The van der Waals surface area contributed by atoms with Crippen molar-refractivity contribution in [2.45, 2.75) is 13.2 Å². The van der Waals surface area contributed by atoms with Gasteiger partial charge in [-0.3, -0.25) is 19.5 Å². The monoisotopic (exact) mass is 608 g/mol. The van der Waals surface area contributed by atoms with Crippen molar-refractivity contribution >= 4 is 62.3 Å². The van der Waals surface area contributed by atoms with E-state index < -0.39 is 0 Å². The molecule has 0 atom stereocenters. The smallest absolute Gasteiger partial charge is 0.293 e. The number of aromatic nitrogens is 1. The molecular formula is C28H21IN2O4S. The number of nitrogens with zero attached hydrogens (tertiary/aromatic N) is 2. The van der Waals surface area contributed by atoms with Gasteiger partial charge in [0, 0.05) is 6.20 Å². The lowest BCUT2D eigenvalue weighted by atomic mass is 10.0. The summed E-state index contributed by atoms with van der Waals surface area (Å²) in [5.41, 5.74) is 2.48. The maximum Gasteiger partial charge on any atom is 0.293 e. The summed E-state index contributed by atoms with van der Waals surface area (Å²) < 4.78 is 12.4. The molecule has 8 heteroatoms. The number of amides is 2. The Bertz CT molecular complexity index is 1480. The second kappa shape index (κ2) is 10.7. The van der Waals surface area contributed by atoms with Gasteiger partial charge in [0.15, 0.2) is 11.5 Å². The maximum absolute atomic E-state index is 13.2. The summed E-state index contributed by atoms with van der Waals surface area (Å²) in [5, 5.41) is 1.82. The number of thioether (sulfide) groups is 1. The molecule has 180 valence electrons. The molecule has 1 aromatic heterocycles. The lowest BCUT2D eigenvalue weighted by Crippen LogP contribution is -2.27. The minimum atomic E-state index is -0.303. The highest BCUT2D eigenvalue weighted by Crippen LogP contribution is 2.38. The topological polar surface area (TPSA) is 68.7 Å². The van der Waals surface area contributed by atoms with Crippen molar-refractivity contribution in [1.82, 2.24) is 9.88 Å². The van der Waals surface area contributed by atoms with Gasteiger partial charge in [-0.05, 0) is 86.6 Å². The van der Waals surface area contributed by atoms with E-state index in [4.69, 9.17) is 9.47 Å². The lowest BCUT2D eigenvalue weighted by molar-refractivity contribution is -0.123. The molecule has 1 saturated heterocycles. The highest BCUT2D eigenvalue weighted by molar-refractivity contribution is 14.1. The van der Waals surface area contributed by atoms with Crippen molar-refractivity contribution in [2.75, 3.05) is 7.11 Å². The van der Waals surface area contributed by atoms with E-state index in [0.717, 1.165) is 42.9 Å². The van der Waals surface area contributed by atoms with Crippen LogP contribution in [0.25, 0.3) is 16.8 Å². The maximum atomic E-state index is 13.2. The Morgan fingerprint density at radius 3 is 2.64 bits per heavy atom. The minimum Gasteiger partial charge on any atom is -0.493 e. The number of ether oxygens (including phenoxy) is 2. The largest absolute Gasteiger partial charge is 0.493 e. The number of imide groups is 1. The number of carbonyl (C=O) groups is 2. The Morgan fingerprint density at radius 2 is 1.83 bits per heavy atom. The van der Waals surface area contributed by atoms with Crippen LogP contribution in [0.5, 0.6) is 11.5 Å². The lowest BCUT2D eigenvalue weighted by Gasteiger charge is -2.14. The first-order valence-electron chi connectivity index (χ1n) is 11.2. The van der Waals surface area contributed by atoms with Gasteiger partial charge >= 0.3 is 0 Å². The molecule has 6 nitrogen and oxygen atoms in total. The van der Waals surface area contributed by atoms with Gasteiger partial charge in [-0.25, -0.2) is 0 Å². The Kier molecular flexibility index (Phi) is 7.24. The van der Waals surface area contributed by atoms with Crippen LogP contribution in [0.1, 0.15) is 16.8 Å². The summed E-state index contributed by atoms with van der Waals surface area (Å²) in [5.74, 6) is 0.839. The van der Waals surface area contributed by atoms with Crippen molar-refractivity contribution in [3.63, 3.8) is 0 Å². The first-order chi connectivity index (χ1) is 17.5. The molecule has 3 aromatic carbocycles. The third kappa shape index (κ3) is 5.10. The fraction of sp³-hybridized carbons (Fsp3) is 0.107. The molecule has 1 aliphatic heterocycles. The summed E-state index contributed by atoms with van der Waals surface area (Å²) in [7, 11) is 1.57. The molecule has 1 aliphatic rings. The zero-order valence-corrected chi connectivity index (χ0v) is 22.3. The number of rotatable bonds is 7. The van der Waals surface area contributed by atoms with Gasteiger partial charge in [0.2, 0.25) is 0 Å². The van der Waals surface area contributed by atoms with Gasteiger partial charge in [-0.1, -0.05) is 48.5 Å². The van der Waals surface area contributed by atoms with Crippen molar-refractivity contribution < 1.29 is 19.1 Å². The molecule has 0 bridgehead atoms. The fourth-order valence-corrected chi connectivity index (χ4v) is 5.60. The van der Waals surface area contributed by atoms with Gasteiger partial charge in [0.1, 0.15) is 6.61 Å². The van der Waals surface area contributed by atoms with Crippen molar-refractivity contribution in [1.29, 1.82) is 0 Å². The van der Waals surface area contributed by atoms with Crippen LogP contribution < -0.4 is 9.47 Å².